The van der Waals surface area contributed by atoms with Crippen LogP contribution in [0.15, 0.2) is 54.6 Å². The van der Waals surface area contributed by atoms with Gasteiger partial charge in [-0.15, -0.1) is 0 Å². The van der Waals surface area contributed by atoms with E-state index in [1.54, 1.807) is 18.2 Å². The molecule has 28 heavy (non-hydrogen) atoms. The molecule has 0 unspecified atom stereocenters. The number of anilines is 1. The quantitative estimate of drug-likeness (QED) is 0.632. The largest absolute Gasteiger partial charge is 0.508 e. The van der Waals surface area contributed by atoms with Crippen molar-refractivity contribution >= 4 is 22.6 Å². The summed E-state index contributed by atoms with van der Waals surface area (Å²) in [6.07, 6.45) is 3.82. The molecule has 1 aliphatic rings. The lowest BCUT2D eigenvalue weighted by Crippen LogP contribution is -2.40. The number of para-hydroxylation sites is 1. The SMILES string of the molecule is Cc1cc(NC2CCC(NC(=O)c3cccc(O)c3)CC2)nc2ccccc12. The van der Waals surface area contributed by atoms with Crippen LogP contribution in [0.1, 0.15) is 41.6 Å². The number of phenolic OH excluding ortho intramolecular Hbond substituents is 1. The van der Waals surface area contributed by atoms with Gasteiger partial charge in [0.1, 0.15) is 11.6 Å². The Morgan fingerprint density at radius 3 is 2.54 bits per heavy atom. The van der Waals surface area contributed by atoms with E-state index >= 15 is 0 Å². The fourth-order valence-electron chi connectivity index (χ4n) is 3.93. The second-order valence-electron chi connectivity index (χ2n) is 7.56. The number of fused-ring (bicyclic) bond motifs is 1. The van der Waals surface area contributed by atoms with Crippen LogP contribution < -0.4 is 10.6 Å². The number of hydrogen-bond donors (Lipinski definition) is 3. The van der Waals surface area contributed by atoms with E-state index in [4.69, 9.17) is 4.98 Å². The van der Waals surface area contributed by atoms with Crippen LogP contribution in [-0.4, -0.2) is 28.1 Å². The molecule has 2 aromatic carbocycles. The Labute approximate surface area is 164 Å². The Bertz CT molecular complexity index is 994. The monoisotopic (exact) mass is 375 g/mol. The Balaban J connectivity index is 1.34. The minimum absolute atomic E-state index is 0.110. The Kier molecular flexibility index (Phi) is 5.15. The number of aryl methyl sites for hydroxylation is 1. The standard InChI is InChI=1S/C23H25N3O2/c1-15-13-22(26-21-8-3-2-7-20(15)21)24-17-9-11-18(12-10-17)25-23(28)16-5-4-6-19(27)14-16/h2-8,13-14,17-18,27H,9-12H2,1H3,(H,24,26)(H,25,28). The van der Waals surface area contributed by atoms with Gasteiger partial charge in [0.05, 0.1) is 5.52 Å². The maximum atomic E-state index is 12.4. The van der Waals surface area contributed by atoms with Gasteiger partial charge in [-0.3, -0.25) is 4.79 Å². The molecule has 144 valence electrons. The first-order chi connectivity index (χ1) is 13.6. The van der Waals surface area contributed by atoms with Gasteiger partial charge in [-0.05, 0) is 68.5 Å². The van der Waals surface area contributed by atoms with Gasteiger partial charge in [0.15, 0.2) is 0 Å². The van der Waals surface area contributed by atoms with Crippen LogP contribution in [0.4, 0.5) is 5.82 Å². The van der Waals surface area contributed by atoms with Gasteiger partial charge in [0.2, 0.25) is 0 Å². The number of benzene rings is 2. The molecule has 3 N–H and O–H groups in total. The van der Waals surface area contributed by atoms with Crippen LogP contribution in [0.3, 0.4) is 0 Å². The van der Waals surface area contributed by atoms with Gasteiger partial charge in [0.25, 0.3) is 5.91 Å². The van der Waals surface area contributed by atoms with Gasteiger partial charge in [0, 0.05) is 23.0 Å². The van der Waals surface area contributed by atoms with Crippen LogP contribution in [0.25, 0.3) is 10.9 Å². The minimum atomic E-state index is -0.126. The van der Waals surface area contributed by atoms with Crippen LogP contribution >= 0.6 is 0 Å². The van der Waals surface area contributed by atoms with E-state index in [-0.39, 0.29) is 17.7 Å². The number of aromatic hydroxyl groups is 1. The Morgan fingerprint density at radius 2 is 1.75 bits per heavy atom. The van der Waals surface area contributed by atoms with Crippen molar-refractivity contribution < 1.29 is 9.90 Å². The second-order valence-corrected chi connectivity index (χ2v) is 7.56. The first-order valence-corrected chi connectivity index (χ1v) is 9.81. The zero-order chi connectivity index (χ0) is 19.5. The number of hydrogen-bond acceptors (Lipinski definition) is 4. The lowest BCUT2D eigenvalue weighted by Gasteiger charge is -2.30. The van der Waals surface area contributed by atoms with E-state index < -0.39 is 0 Å². The Hall–Kier alpha value is -3.08. The summed E-state index contributed by atoms with van der Waals surface area (Å²) < 4.78 is 0. The summed E-state index contributed by atoms with van der Waals surface area (Å²) in [6, 6.07) is 17.3. The molecule has 0 bridgehead atoms. The second kappa shape index (κ2) is 7.89. The smallest absolute Gasteiger partial charge is 0.251 e. The summed E-state index contributed by atoms with van der Waals surface area (Å²) >= 11 is 0. The van der Waals surface area contributed by atoms with Crippen molar-refractivity contribution in [2.45, 2.75) is 44.7 Å². The number of amides is 1. The molecule has 4 rings (SSSR count). The molecule has 5 nitrogen and oxygen atoms in total. The summed E-state index contributed by atoms with van der Waals surface area (Å²) in [5.41, 5.74) is 2.73. The predicted octanol–water partition coefficient (Wildman–Crippen LogP) is 4.40. The molecule has 0 radical (unpaired) electrons. The molecule has 1 aromatic heterocycles. The van der Waals surface area contributed by atoms with Crippen molar-refractivity contribution in [1.29, 1.82) is 0 Å². The molecule has 0 atom stereocenters. The minimum Gasteiger partial charge on any atom is -0.508 e. The molecule has 1 fully saturated rings. The molecule has 3 aromatic rings. The highest BCUT2D eigenvalue weighted by molar-refractivity contribution is 5.94. The summed E-state index contributed by atoms with van der Waals surface area (Å²) in [6.45, 7) is 2.11. The van der Waals surface area contributed by atoms with Crippen LogP contribution in [0.5, 0.6) is 5.75 Å². The fourth-order valence-corrected chi connectivity index (χ4v) is 3.93. The normalized spacial score (nSPS) is 19.3. The molecule has 1 aliphatic carbocycles. The predicted molar refractivity (Wildman–Crippen MR) is 112 cm³/mol. The zero-order valence-electron chi connectivity index (χ0n) is 16.0. The van der Waals surface area contributed by atoms with Crippen LogP contribution in [0, 0.1) is 6.92 Å². The van der Waals surface area contributed by atoms with Crippen molar-refractivity contribution in [3.63, 3.8) is 0 Å². The molecule has 5 heteroatoms. The molecule has 1 heterocycles. The van der Waals surface area contributed by atoms with Crippen LogP contribution in [-0.2, 0) is 0 Å². The number of carbonyl (C=O) groups is 1. The van der Waals surface area contributed by atoms with Gasteiger partial charge in [-0.1, -0.05) is 24.3 Å². The summed E-state index contributed by atoms with van der Waals surface area (Å²) in [4.78, 5) is 17.1. The van der Waals surface area contributed by atoms with Gasteiger partial charge in [-0.25, -0.2) is 4.98 Å². The van der Waals surface area contributed by atoms with Crippen molar-refractivity contribution in [1.82, 2.24) is 10.3 Å². The molecule has 1 saturated carbocycles. The molecular formula is C23H25N3O2. The number of aromatic nitrogens is 1. The lowest BCUT2D eigenvalue weighted by atomic mass is 9.91. The van der Waals surface area contributed by atoms with E-state index in [2.05, 4.69) is 29.7 Å². The third-order valence-corrected chi connectivity index (χ3v) is 5.45. The van der Waals surface area contributed by atoms with Crippen LogP contribution in [0.2, 0.25) is 0 Å². The first-order valence-electron chi connectivity index (χ1n) is 9.81. The van der Waals surface area contributed by atoms with Gasteiger partial charge < -0.3 is 15.7 Å². The number of nitrogens with one attached hydrogen (secondary N) is 2. The van der Waals surface area contributed by atoms with E-state index in [0.717, 1.165) is 37.0 Å². The first kappa shape index (κ1) is 18.3. The topological polar surface area (TPSA) is 74.2 Å². The molecular weight excluding hydrogens is 350 g/mol. The highest BCUT2D eigenvalue weighted by atomic mass is 16.3. The highest BCUT2D eigenvalue weighted by Gasteiger charge is 2.23. The van der Waals surface area contributed by atoms with E-state index in [0.29, 0.717) is 11.6 Å². The number of nitrogens with zero attached hydrogens (tertiary/aromatic N) is 1. The van der Waals surface area contributed by atoms with Crippen molar-refractivity contribution in [3.05, 3.63) is 65.7 Å². The number of carbonyl (C=O) groups excluding carboxylic acids is 1. The third-order valence-electron chi connectivity index (χ3n) is 5.45. The molecule has 0 aliphatic heterocycles. The molecule has 0 spiro atoms. The van der Waals surface area contributed by atoms with Crippen molar-refractivity contribution in [2.75, 3.05) is 5.32 Å². The summed E-state index contributed by atoms with van der Waals surface area (Å²) in [5, 5.41) is 17.4. The fraction of sp³-hybridized carbons (Fsp3) is 0.304. The zero-order valence-corrected chi connectivity index (χ0v) is 16.0. The van der Waals surface area contributed by atoms with Crippen molar-refractivity contribution in [2.24, 2.45) is 0 Å². The van der Waals surface area contributed by atoms with Gasteiger partial charge >= 0.3 is 0 Å². The molecule has 1 amide bonds. The average Bonchev–Trinajstić information content (AvgIpc) is 2.69. The Morgan fingerprint density at radius 1 is 1.00 bits per heavy atom. The van der Waals surface area contributed by atoms with Crippen molar-refractivity contribution in [3.8, 4) is 5.75 Å². The van der Waals surface area contributed by atoms with Gasteiger partial charge in [-0.2, -0.15) is 0 Å². The maximum Gasteiger partial charge on any atom is 0.251 e. The van der Waals surface area contributed by atoms with E-state index in [9.17, 15) is 9.90 Å². The summed E-state index contributed by atoms with van der Waals surface area (Å²) in [7, 11) is 0. The number of rotatable bonds is 4. The summed E-state index contributed by atoms with van der Waals surface area (Å²) in [5.74, 6) is 0.904. The molecule has 0 saturated heterocycles. The number of pyridine rings is 1. The number of phenols is 1. The van der Waals surface area contributed by atoms with E-state index in [1.165, 1.54) is 17.0 Å². The average molecular weight is 375 g/mol. The maximum absolute atomic E-state index is 12.4. The third kappa shape index (κ3) is 4.09. The highest BCUT2D eigenvalue weighted by Crippen LogP contribution is 2.25. The lowest BCUT2D eigenvalue weighted by molar-refractivity contribution is 0.0926. The van der Waals surface area contributed by atoms with E-state index in [1.807, 2.05) is 18.2 Å².